The molecule has 1 aliphatic heterocycles. The monoisotopic (exact) mass is 531 g/mol. The number of nitrogens with one attached hydrogen (secondary N) is 2. The van der Waals surface area contributed by atoms with Crippen molar-refractivity contribution in [3.05, 3.63) is 83.9 Å². The molecule has 0 saturated carbocycles. The highest BCUT2D eigenvalue weighted by molar-refractivity contribution is 7.89. The second kappa shape index (κ2) is 10.3. The maximum atomic E-state index is 12.9. The van der Waals surface area contributed by atoms with Gasteiger partial charge in [0.05, 0.1) is 11.3 Å². The van der Waals surface area contributed by atoms with Crippen molar-refractivity contribution in [2.45, 2.75) is 24.4 Å². The van der Waals surface area contributed by atoms with E-state index >= 15 is 0 Å². The number of nitrogens with zero attached hydrogens (tertiary/aromatic N) is 1. The van der Waals surface area contributed by atoms with Gasteiger partial charge in [-0.05, 0) is 59.5 Å². The Morgan fingerprint density at radius 3 is 2.27 bits per heavy atom. The number of carbonyl (C=O) groups excluding carboxylic acids is 2. The summed E-state index contributed by atoms with van der Waals surface area (Å²) in [5, 5.41) is 5.01. The summed E-state index contributed by atoms with van der Waals surface area (Å²) in [5.74, 6) is -0.398. The lowest BCUT2D eigenvalue weighted by Gasteiger charge is -2.18. The van der Waals surface area contributed by atoms with Crippen LogP contribution in [-0.4, -0.2) is 39.2 Å². The fraction of sp³-hybridized carbons (Fsp3) is 0.231. The normalized spacial score (nSPS) is 16.1. The number of sulfone groups is 1. The molecule has 3 aromatic carbocycles. The molecule has 194 valence electrons. The van der Waals surface area contributed by atoms with Gasteiger partial charge < -0.3 is 15.5 Å². The minimum absolute atomic E-state index is 0.0859. The third-order valence-electron chi connectivity index (χ3n) is 5.91. The third-order valence-corrected chi connectivity index (χ3v) is 6.74. The lowest BCUT2D eigenvalue weighted by Crippen LogP contribution is -2.43. The smallest absolute Gasteiger partial charge is 0.326 e. The van der Waals surface area contributed by atoms with E-state index < -0.39 is 33.6 Å². The molecule has 37 heavy (non-hydrogen) atoms. The van der Waals surface area contributed by atoms with Crippen LogP contribution in [0.2, 0.25) is 0 Å². The van der Waals surface area contributed by atoms with Crippen LogP contribution >= 0.6 is 0 Å². The molecule has 11 heteroatoms. The second-order valence-electron chi connectivity index (χ2n) is 8.78. The highest BCUT2D eigenvalue weighted by Crippen LogP contribution is 2.31. The zero-order valence-electron chi connectivity index (χ0n) is 19.7. The van der Waals surface area contributed by atoms with Gasteiger partial charge in [0.25, 0.3) is 0 Å². The van der Waals surface area contributed by atoms with E-state index in [1.165, 1.54) is 11.2 Å². The summed E-state index contributed by atoms with van der Waals surface area (Å²) in [6, 6.07) is 16.9. The first-order valence-corrected chi connectivity index (χ1v) is 13.4. The van der Waals surface area contributed by atoms with Crippen molar-refractivity contribution in [2.75, 3.05) is 23.0 Å². The average Bonchev–Trinajstić information content (AvgIpc) is 3.18. The standard InChI is InChI=1S/C26H24F3N3O4S/c1-37(35,36)16-18-4-2-3-5-22(18)17-6-12-21(13-7-17)32-15-14-23(24(32)33)31-25(34)30-20-10-8-19(9-11-20)26(27,28)29/h2-13,23H,14-16H2,1H3,(H2,30,31,34)/t23-/m1/s1. The molecular formula is C26H24F3N3O4S. The maximum absolute atomic E-state index is 12.9. The van der Waals surface area contributed by atoms with Crippen LogP contribution in [-0.2, 0) is 26.6 Å². The molecule has 0 aromatic heterocycles. The maximum Gasteiger partial charge on any atom is 0.416 e. The van der Waals surface area contributed by atoms with Crippen molar-refractivity contribution in [2.24, 2.45) is 0 Å². The van der Waals surface area contributed by atoms with E-state index in [1.54, 1.807) is 24.3 Å². The molecule has 1 fully saturated rings. The molecule has 1 atom stereocenters. The van der Waals surface area contributed by atoms with Gasteiger partial charge in [0.2, 0.25) is 5.91 Å². The molecule has 1 heterocycles. The zero-order valence-corrected chi connectivity index (χ0v) is 20.6. The van der Waals surface area contributed by atoms with E-state index in [0.717, 1.165) is 35.4 Å². The van der Waals surface area contributed by atoms with E-state index in [1.807, 2.05) is 24.3 Å². The topological polar surface area (TPSA) is 95.6 Å². The SMILES string of the molecule is CS(=O)(=O)Cc1ccccc1-c1ccc(N2CC[C@@H](NC(=O)Nc3ccc(C(F)(F)F)cc3)C2=O)cc1. The molecule has 3 aromatic rings. The summed E-state index contributed by atoms with van der Waals surface area (Å²) in [6.45, 7) is 0.369. The van der Waals surface area contributed by atoms with Crippen molar-refractivity contribution < 1.29 is 31.2 Å². The predicted molar refractivity (Wildman–Crippen MR) is 135 cm³/mol. The van der Waals surface area contributed by atoms with Crippen LogP contribution in [0.4, 0.5) is 29.3 Å². The van der Waals surface area contributed by atoms with Gasteiger partial charge in [0, 0.05) is 24.2 Å². The minimum atomic E-state index is -4.47. The summed E-state index contributed by atoms with van der Waals surface area (Å²) in [6.07, 6.45) is -2.93. The number of halogens is 3. The first-order valence-electron chi connectivity index (χ1n) is 11.3. The van der Waals surface area contributed by atoms with E-state index in [4.69, 9.17) is 0 Å². The first-order chi connectivity index (χ1) is 17.4. The molecule has 2 N–H and O–H groups in total. The first kappa shape index (κ1) is 26.2. The van der Waals surface area contributed by atoms with Crippen LogP contribution in [0.15, 0.2) is 72.8 Å². The lowest BCUT2D eigenvalue weighted by atomic mass is 10.0. The second-order valence-corrected chi connectivity index (χ2v) is 10.9. The van der Waals surface area contributed by atoms with E-state index in [-0.39, 0.29) is 17.3 Å². The number of carbonyl (C=O) groups is 2. The van der Waals surface area contributed by atoms with Crippen LogP contribution in [0.3, 0.4) is 0 Å². The third kappa shape index (κ3) is 6.48. The summed E-state index contributed by atoms with van der Waals surface area (Å²) in [4.78, 5) is 26.8. The van der Waals surface area contributed by atoms with Gasteiger partial charge in [0.15, 0.2) is 9.84 Å². The lowest BCUT2D eigenvalue weighted by molar-refractivity contribution is -0.137. The van der Waals surface area contributed by atoms with E-state index in [0.29, 0.717) is 24.2 Å². The van der Waals surface area contributed by atoms with Gasteiger partial charge >= 0.3 is 12.2 Å². The van der Waals surface area contributed by atoms with E-state index in [2.05, 4.69) is 10.6 Å². The highest BCUT2D eigenvalue weighted by Gasteiger charge is 2.34. The Labute approximate surface area is 212 Å². The number of hydrogen-bond acceptors (Lipinski definition) is 4. The summed E-state index contributed by atoms with van der Waals surface area (Å²) >= 11 is 0. The van der Waals surface area contributed by atoms with Crippen molar-refractivity contribution in [3.8, 4) is 11.1 Å². The average molecular weight is 532 g/mol. The zero-order chi connectivity index (χ0) is 26.8. The van der Waals surface area contributed by atoms with Crippen molar-refractivity contribution in [1.82, 2.24) is 5.32 Å². The summed E-state index contributed by atoms with van der Waals surface area (Å²) < 4.78 is 61.7. The predicted octanol–water partition coefficient (Wildman–Crippen LogP) is 4.84. The number of benzene rings is 3. The summed E-state index contributed by atoms with van der Waals surface area (Å²) in [5.41, 5.74) is 2.23. The van der Waals surface area contributed by atoms with Crippen molar-refractivity contribution >= 4 is 33.2 Å². The van der Waals surface area contributed by atoms with E-state index in [9.17, 15) is 31.2 Å². The Morgan fingerprint density at radius 1 is 1.00 bits per heavy atom. The Hall–Kier alpha value is -3.86. The van der Waals surface area contributed by atoms with Gasteiger partial charge in [-0.25, -0.2) is 13.2 Å². The van der Waals surface area contributed by atoms with Gasteiger partial charge in [-0.2, -0.15) is 13.2 Å². The Balaban J connectivity index is 1.39. The molecule has 1 aliphatic rings. The largest absolute Gasteiger partial charge is 0.416 e. The molecule has 0 bridgehead atoms. The quantitative estimate of drug-likeness (QED) is 0.476. The van der Waals surface area contributed by atoms with Crippen molar-refractivity contribution in [1.29, 1.82) is 0 Å². The van der Waals surface area contributed by atoms with Crippen LogP contribution < -0.4 is 15.5 Å². The number of alkyl halides is 3. The van der Waals surface area contributed by atoms with Crippen LogP contribution in [0, 0.1) is 0 Å². The Morgan fingerprint density at radius 2 is 1.65 bits per heavy atom. The van der Waals surface area contributed by atoms with Gasteiger partial charge in [-0.15, -0.1) is 0 Å². The van der Waals surface area contributed by atoms with Crippen LogP contribution in [0.25, 0.3) is 11.1 Å². The molecular weight excluding hydrogens is 507 g/mol. The molecule has 0 unspecified atom stereocenters. The van der Waals surface area contributed by atoms with Crippen LogP contribution in [0.1, 0.15) is 17.5 Å². The minimum Gasteiger partial charge on any atom is -0.326 e. The molecule has 1 saturated heterocycles. The molecule has 0 aliphatic carbocycles. The molecule has 0 radical (unpaired) electrons. The Kier molecular flexibility index (Phi) is 7.26. The number of amides is 3. The number of rotatable bonds is 6. The Bertz CT molecular complexity index is 1410. The molecule has 0 spiro atoms. The molecule has 4 rings (SSSR count). The molecule has 7 nitrogen and oxygen atoms in total. The van der Waals surface area contributed by atoms with Gasteiger partial charge in [0.1, 0.15) is 6.04 Å². The van der Waals surface area contributed by atoms with Gasteiger partial charge in [-0.1, -0.05) is 36.4 Å². The number of anilines is 2. The van der Waals surface area contributed by atoms with Gasteiger partial charge in [-0.3, -0.25) is 4.79 Å². The highest BCUT2D eigenvalue weighted by atomic mass is 32.2. The number of hydrogen-bond donors (Lipinski definition) is 2. The van der Waals surface area contributed by atoms with Crippen LogP contribution in [0.5, 0.6) is 0 Å². The number of urea groups is 1. The molecule has 3 amide bonds. The fourth-order valence-corrected chi connectivity index (χ4v) is 4.99. The van der Waals surface area contributed by atoms with Crippen molar-refractivity contribution in [3.63, 3.8) is 0 Å². The summed E-state index contributed by atoms with van der Waals surface area (Å²) in [7, 11) is -3.22. The fourth-order valence-electron chi connectivity index (χ4n) is 4.17.